The summed E-state index contributed by atoms with van der Waals surface area (Å²) in [5.74, 6) is 0. The van der Waals surface area contributed by atoms with Gasteiger partial charge in [0.25, 0.3) is 0 Å². The number of benzene rings is 1. The van der Waals surface area contributed by atoms with Crippen LogP contribution in [-0.4, -0.2) is 41.5 Å². The van der Waals surface area contributed by atoms with Crippen molar-refractivity contribution < 1.29 is 13.5 Å². The van der Waals surface area contributed by atoms with E-state index in [0.717, 1.165) is 0 Å². The second-order valence-electron chi connectivity index (χ2n) is 5.10. The molecule has 0 heterocycles. The number of sulfonamides is 1. The van der Waals surface area contributed by atoms with Gasteiger partial charge in [-0.05, 0) is 19.9 Å². The standard InChI is InChI=1S/C13H20N2O3S2/c1-4-15(9-13(2,3)16)20(17,18)11-8-6-5-7-10(11)12(14)19/h5-8,16H,4,9H2,1-3H3,(H2,14,19). The highest BCUT2D eigenvalue weighted by atomic mass is 32.2. The third-order valence-electron chi connectivity index (χ3n) is 2.69. The van der Waals surface area contributed by atoms with Crippen LogP contribution in [0.3, 0.4) is 0 Å². The quantitative estimate of drug-likeness (QED) is 0.768. The highest BCUT2D eigenvalue weighted by Gasteiger charge is 2.30. The highest BCUT2D eigenvalue weighted by Crippen LogP contribution is 2.21. The second-order valence-corrected chi connectivity index (χ2v) is 7.45. The van der Waals surface area contributed by atoms with Crippen LogP contribution in [0.5, 0.6) is 0 Å². The number of hydrogen-bond donors (Lipinski definition) is 2. The lowest BCUT2D eigenvalue weighted by Gasteiger charge is -2.28. The van der Waals surface area contributed by atoms with Crippen molar-refractivity contribution >= 4 is 27.2 Å². The van der Waals surface area contributed by atoms with E-state index in [4.69, 9.17) is 18.0 Å². The first kappa shape index (κ1) is 17.0. The van der Waals surface area contributed by atoms with Crippen LogP contribution in [0.1, 0.15) is 26.3 Å². The maximum atomic E-state index is 12.7. The molecular weight excluding hydrogens is 296 g/mol. The maximum Gasteiger partial charge on any atom is 0.243 e. The van der Waals surface area contributed by atoms with Gasteiger partial charge >= 0.3 is 0 Å². The molecule has 0 aliphatic carbocycles. The molecule has 0 atom stereocenters. The van der Waals surface area contributed by atoms with E-state index >= 15 is 0 Å². The Hall–Kier alpha value is -1.02. The van der Waals surface area contributed by atoms with Gasteiger partial charge in [0, 0.05) is 18.7 Å². The van der Waals surface area contributed by atoms with Crippen molar-refractivity contribution in [1.29, 1.82) is 0 Å². The molecule has 112 valence electrons. The Morgan fingerprint density at radius 2 is 1.95 bits per heavy atom. The van der Waals surface area contributed by atoms with Gasteiger partial charge in [0.1, 0.15) is 4.99 Å². The van der Waals surface area contributed by atoms with Gasteiger partial charge in [0.2, 0.25) is 10.0 Å². The van der Waals surface area contributed by atoms with Crippen molar-refractivity contribution in [2.75, 3.05) is 13.1 Å². The van der Waals surface area contributed by atoms with Gasteiger partial charge in [-0.15, -0.1) is 0 Å². The molecule has 20 heavy (non-hydrogen) atoms. The van der Waals surface area contributed by atoms with E-state index in [-0.39, 0.29) is 23.0 Å². The lowest BCUT2D eigenvalue weighted by molar-refractivity contribution is 0.0601. The maximum absolute atomic E-state index is 12.7. The number of nitrogens with zero attached hydrogens (tertiary/aromatic N) is 1. The van der Waals surface area contributed by atoms with Crippen LogP contribution in [0.25, 0.3) is 0 Å². The number of aliphatic hydroxyl groups is 1. The van der Waals surface area contributed by atoms with Gasteiger partial charge < -0.3 is 10.8 Å². The minimum atomic E-state index is -3.75. The van der Waals surface area contributed by atoms with Gasteiger partial charge in [-0.2, -0.15) is 4.31 Å². The lowest BCUT2D eigenvalue weighted by Crippen LogP contribution is -2.42. The van der Waals surface area contributed by atoms with Crippen molar-refractivity contribution in [1.82, 2.24) is 4.31 Å². The summed E-state index contributed by atoms with van der Waals surface area (Å²) < 4.78 is 26.5. The predicted molar refractivity (Wildman–Crippen MR) is 83.1 cm³/mol. The van der Waals surface area contributed by atoms with Gasteiger partial charge in [-0.25, -0.2) is 8.42 Å². The molecule has 5 nitrogen and oxygen atoms in total. The van der Waals surface area contributed by atoms with Crippen LogP contribution in [0.15, 0.2) is 29.2 Å². The van der Waals surface area contributed by atoms with Crippen LogP contribution in [0.2, 0.25) is 0 Å². The third-order valence-corrected chi connectivity index (χ3v) is 4.89. The topological polar surface area (TPSA) is 83.6 Å². The number of nitrogens with two attached hydrogens (primary N) is 1. The number of rotatable bonds is 6. The molecule has 0 amide bonds. The molecule has 0 bridgehead atoms. The molecule has 1 rings (SSSR count). The van der Waals surface area contributed by atoms with E-state index in [1.807, 2.05) is 0 Å². The zero-order chi connectivity index (χ0) is 15.6. The van der Waals surface area contributed by atoms with Gasteiger partial charge in [0.05, 0.1) is 10.5 Å². The molecule has 0 unspecified atom stereocenters. The van der Waals surface area contributed by atoms with E-state index in [1.165, 1.54) is 10.4 Å². The Morgan fingerprint density at radius 1 is 1.40 bits per heavy atom. The third kappa shape index (κ3) is 3.99. The van der Waals surface area contributed by atoms with Crippen LogP contribution < -0.4 is 5.73 Å². The largest absolute Gasteiger partial charge is 0.389 e. The van der Waals surface area contributed by atoms with E-state index in [0.29, 0.717) is 5.56 Å². The van der Waals surface area contributed by atoms with E-state index in [9.17, 15) is 13.5 Å². The zero-order valence-corrected chi connectivity index (χ0v) is 13.5. The molecule has 0 saturated heterocycles. The first-order chi connectivity index (χ1) is 9.09. The molecule has 0 radical (unpaired) electrons. The Morgan fingerprint density at radius 3 is 2.40 bits per heavy atom. The van der Waals surface area contributed by atoms with Crippen molar-refractivity contribution in [3.05, 3.63) is 29.8 Å². The zero-order valence-electron chi connectivity index (χ0n) is 11.8. The van der Waals surface area contributed by atoms with Crippen molar-refractivity contribution in [2.24, 2.45) is 5.73 Å². The first-order valence-electron chi connectivity index (χ1n) is 6.21. The number of hydrogen-bond acceptors (Lipinski definition) is 4. The average molecular weight is 316 g/mol. The first-order valence-corrected chi connectivity index (χ1v) is 8.06. The Balaban J connectivity index is 3.32. The molecule has 0 aliphatic heterocycles. The van der Waals surface area contributed by atoms with E-state index in [1.54, 1.807) is 39.0 Å². The lowest BCUT2D eigenvalue weighted by atomic mass is 10.1. The Kier molecular flexibility index (Phi) is 5.26. The highest BCUT2D eigenvalue weighted by molar-refractivity contribution is 7.89. The molecule has 3 N–H and O–H groups in total. The fraction of sp³-hybridized carbons (Fsp3) is 0.462. The average Bonchev–Trinajstić information content (AvgIpc) is 2.34. The molecule has 0 aromatic heterocycles. The summed E-state index contributed by atoms with van der Waals surface area (Å²) >= 11 is 4.90. The summed E-state index contributed by atoms with van der Waals surface area (Å²) in [7, 11) is -3.75. The van der Waals surface area contributed by atoms with Gasteiger partial charge in [-0.3, -0.25) is 0 Å². The molecular formula is C13H20N2O3S2. The fourth-order valence-electron chi connectivity index (χ4n) is 1.83. The van der Waals surface area contributed by atoms with Crippen LogP contribution in [0.4, 0.5) is 0 Å². The van der Waals surface area contributed by atoms with Crippen LogP contribution in [0, 0.1) is 0 Å². The Bertz CT molecular complexity index is 592. The monoisotopic (exact) mass is 316 g/mol. The second kappa shape index (κ2) is 6.17. The van der Waals surface area contributed by atoms with E-state index < -0.39 is 15.6 Å². The van der Waals surface area contributed by atoms with Crippen molar-refractivity contribution in [3.63, 3.8) is 0 Å². The van der Waals surface area contributed by atoms with Crippen LogP contribution >= 0.6 is 12.2 Å². The van der Waals surface area contributed by atoms with E-state index in [2.05, 4.69) is 0 Å². The smallest absolute Gasteiger partial charge is 0.243 e. The molecule has 1 aromatic carbocycles. The molecule has 0 saturated carbocycles. The molecule has 0 aliphatic rings. The molecule has 7 heteroatoms. The minimum absolute atomic E-state index is 0.00248. The minimum Gasteiger partial charge on any atom is -0.389 e. The molecule has 0 fully saturated rings. The summed E-state index contributed by atoms with van der Waals surface area (Å²) in [5, 5.41) is 9.85. The normalized spacial score (nSPS) is 12.7. The number of likely N-dealkylation sites (N-methyl/N-ethyl adjacent to an activating group) is 1. The number of thiocarbonyl (C=S) groups is 1. The van der Waals surface area contributed by atoms with Crippen LogP contribution in [-0.2, 0) is 10.0 Å². The molecule has 0 spiro atoms. The summed E-state index contributed by atoms with van der Waals surface area (Å²) in [6.45, 7) is 5.08. The Labute approximate surface area is 125 Å². The summed E-state index contributed by atoms with van der Waals surface area (Å²) in [5.41, 5.74) is 4.77. The predicted octanol–water partition coefficient (Wildman–Crippen LogP) is 1.10. The van der Waals surface area contributed by atoms with Crippen molar-refractivity contribution in [3.8, 4) is 0 Å². The SMILES string of the molecule is CCN(CC(C)(C)O)S(=O)(=O)c1ccccc1C(N)=S. The fourth-order valence-corrected chi connectivity index (χ4v) is 3.89. The summed E-state index contributed by atoms with van der Waals surface area (Å²) in [6, 6.07) is 6.34. The van der Waals surface area contributed by atoms with Gasteiger partial charge in [0.15, 0.2) is 0 Å². The van der Waals surface area contributed by atoms with Crippen molar-refractivity contribution in [2.45, 2.75) is 31.3 Å². The van der Waals surface area contributed by atoms with Gasteiger partial charge in [-0.1, -0.05) is 37.3 Å². The molecule has 1 aromatic rings. The summed E-state index contributed by atoms with van der Waals surface area (Å²) in [6.07, 6.45) is 0. The summed E-state index contributed by atoms with van der Waals surface area (Å²) in [4.78, 5) is 0.0992.